The van der Waals surface area contributed by atoms with Crippen LogP contribution in [0.5, 0.6) is 5.75 Å². The molecule has 1 N–H and O–H groups in total. The van der Waals surface area contributed by atoms with Gasteiger partial charge in [-0.15, -0.1) is 0 Å². The van der Waals surface area contributed by atoms with Gasteiger partial charge in [0.25, 0.3) is 0 Å². The Morgan fingerprint density at radius 1 is 1.15 bits per heavy atom. The summed E-state index contributed by atoms with van der Waals surface area (Å²) in [7, 11) is -7.84. The zero-order valence-corrected chi connectivity index (χ0v) is 20.7. The zero-order valence-electron chi connectivity index (χ0n) is 18.3. The molecule has 6 nitrogen and oxygen atoms in total. The molecular weight excluding hydrogens is 508 g/mol. The number of halogens is 3. The lowest BCUT2D eigenvalue weighted by molar-refractivity contribution is 0.0491. The van der Waals surface area contributed by atoms with Gasteiger partial charge in [0.1, 0.15) is 10.6 Å². The summed E-state index contributed by atoms with van der Waals surface area (Å²) in [6.45, 7) is 1.59. The number of ether oxygens (including phenoxy) is 1. The molecule has 1 aliphatic carbocycles. The van der Waals surface area contributed by atoms with Crippen molar-refractivity contribution in [2.45, 2.75) is 53.5 Å². The van der Waals surface area contributed by atoms with E-state index in [1.165, 1.54) is 24.3 Å². The molecular formula is C23H24ClF2NO5S2. The van der Waals surface area contributed by atoms with Crippen LogP contribution in [0.1, 0.15) is 38.2 Å². The van der Waals surface area contributed by atoms with Crippen LogP contribution in [-0.4, -0.2) is 34.7 Å². The number of hydrogen-bond donors (Lipinski definition) is 1. The van der Waals surface area contributed by atoms with Gasteiger partial charge < -0.3 is 4.74 Å². The van der Waals surface area contributed by atoms with E-state index in [0.29, 0.717) is 11.4 Å². The van der Waals surface area contributed by atoms with Crippen LogP contribution in [0.15, 0.2) is 41.3 Å². The summed E-state index contributed by atoms with van der Waals surface area (Å²) < 4.78 is 90.7. The molecule has 0 aromatic heterocycles. The first kappa shape index (κ1) is 24.0. The second kappa shape index (κ2) is 8.15. The minimum Gasteiger partial charge on any atom is -0.490 e. The van der Waals surface area contributed by atoms with Crippen LogP contribution in [0.2, 0.25) is 5.02 Å². The lowest BCUT2D eigenvalue weighted by atomic mass is 9.64. The molecule has 0 amide bonds. The Morgan fingerprint density at radius 3 is 2.50 bits per heavy atom. The average Bonchev–Trinajstić information content (AvgIpc) is 2.79. The first-order valence-corrected chi connectivity index (χ1v) is 14.6. The Morgan fingerprint density at radius 2 is 1.82 bits per heavy atom. The van der Waals surface area contributed by atoms with Gasteiger partial charge in [-0.3, -0.25) is 0 Å². The summed E-state index contributed by atoms with van der Waals surface area (Å²) in [6.07, 6.45) is 0.649. The van der Waals surface area contributed by atoms with E-state index in [0.717, 1.165) is 12.1 Å². The van der Waals surface area contributed by atoms with Crippen LogP contribution in [0.4, 0.5) is 8.78 Å². The summed E-state index contributed by atoms with van der Waals surface area (Å²) in [5.74, 6) is -3.30. The molecule has 5 rings (SSSR count). The van der Waals surface area contributed by atoms with Crippen molar-refractivity contribution < 1.29 is 30.4 Å². The Kier molecular flexibility index (Phi) is 5.74. The molecule has 0 bridgehead atoms. The largest absolute Gasteiger partial charge is 0.490 e. The third kappa shape index (κ3) is 3.32. The molecule has 1 saturated carbocycles. The molecule has 5 atom stereocenters. The Bertz CT molecular complexity index is 1350. The topological polar surface area (TPSA) is 89.5 Å². The normalized spacial score (nSPS) is 32.1. The molecule has 0 unspecified atom stereocenters. The zero-order chi connectivity index (χ0) is 24.5. The SMILES string of the molecule is CC[C@@H]1C[C@@H]2[C@@H](CC[C@@]3(S(=O)(=O)c4ccc(Cl)cc4)c4c(F)ccc(F)c4OC[C@@H]23)NS1(=O)=O. The number of sulfone groups is 1. The fourth-order valence-corrected chi connectivity index (χ4v) is 10.4. The molecule has 2 aromatic rings. The first-order valence-electron chi connectivity index (χ1n) is 11.2. The van der Waals surface area contributed by atoms with E-state index in [4.69, 9.17) is 16.3 Å². The molecule has 34 heavy (non-hydrogen) atoms. The van der Waals surface area contributed by atoms with Crippen molar-refractivity contribution in [1.29, 1.82) is 0 Å². The second-order valence-electron chi connectivity index (χ2n) is 9.24. The highest BCUT2D eigenvalue weighted by atomic mass is 35.5. The van der Waals surface area contributed by atoms with Crippen molar-refractivity contribution in [2.24, 2.45) is 11.8 Å². The third-order valence-electron chi connectivity index (χ3n) is 7.70. The smallest absolute Gasteiger partial charge is 0.214 e. The number of fused-ring (bicyclic) bond motifs is 5. The van der Waals surface area contributed by atoms with Gasteiger partial charge >= 0.3 is 0 Å². The lowest BCUT2D eigenvalue weighted by Gasteiger charge is -2.54. The molecule has 1 saturated heterocycles. The molecule has 2 aliphatic heterocycles. The summed E-state index contributed by atoms with van der Waals surface area (Å²) in [5.41, 5.74) is -0.307. The lowest BCUT2D eigenvalue weighted by Crippen LogP contribution is -2.63. The van der Waals surface area contributed by atoms with Gasteiger partial charge in [0.05, 0.1) is 22.3 Å². The van der Waals surface area contributed by atoms with Crippen molar-refractivity contribution in [3.63, 3.8) is 0 Å². The number of sulfonamides is 1. The molecule has 3 aliphatic rings. The maximum absolute atomic E-state index is 15.4. The van der Waals surface area contributed by atoms with E-state index < -0.39 is 65.1 Å². The fourth-order valence-electron chi connectivity index (χ4n) is 6.10. The summed E-state index contributed by atoms with van der Waals surface area (Å²) in [6, 6.07) is 6.94. The van der Waals surface area contributed by atoms with Gasteiger partial charge in [0.2, 0.25) is 10.0 Å². The van der Waals surface area contributed by atoms with Crippen LogP contribution in [0.3, 0.4) is 0 Å². The predicted molar refractivity (Wildman–Crippen MR) is 123 cm³/mol. The van der Waals surface area contributed by atoms with Crippen molar-refractivity contribution in [2.75, 3.05) is 6.61 Å². The summed E-state index contributed by atoms with van der Waals surface area (Å²) in [5, 5.41) is -0.365. The van der Waals surface area contributed by atoms with Crippen LogP contribution in [-0.2, 0) is 24.6 Å². The van der Waals surface area contributed by atoms with E-state index in [1.54, 1.807) is 6.92 Å². The van der Waals surface area contributed by atoms with Gasteiger partial charge in [0.15, 0.2) is 21.4 Å². The van der Waals surface area contributed by atoms with E-state index in [-0.39, 0.29) is 36.3 Å². The molecule has 11 heteroatoms. The minimum atomic E-state index is -4.28. The average molecular weight is 532 g/mol. The molecule has 2 fully saturated rings. The number of nitrogens with one attached hydrogen (secondary N) is 1. The fraction of sp³-hybridized carbons (Fsp3) is 0.478. The highest BCUT2D eigenvalue weighted by Crippen LogP contribution is 2.59. The molecule has 0 spiro atoms. The third-order valence-corrected chi connectivity index (χ3v) is 12.5. The van der Waals surface area contributed by atoms with Crippen LogP contribution in [0.25, 0.3) is 0 Å². The Balaban J connectivity index is 1.75. The van der Waals surface area contributed by atoms with Crippen LogP contribution in [0, 0.1) is 23.5 Å². The summed E-state index contributed by atoms with van der Waals surface area (Å²) >= 11 is 5.97. The number of hydrogen-bond acceptors (Lipinski definition) is 5. The number of rotatable bonds is 3. The monoisotopic (exact) mass is 531 g/mol. The van der Waals surface area contributed by atoms with E-state index >= 15 is 4.39 Å². The molecule has 0 radical (unpaired) electrons. The van der Waals surface area contributed by atoms with E-state index in [9.17, 15) is 21.2 Å². The second-order valence-corrected chi connectivity index (χ2v) is 13.9. The number of benzene rings is 2. The highest BCUT2D eigenvalue weighted by molar-refractivity contribution is 7.92. The quantitative estimate of drug-likeness (QED) is 0.642. The maximum atomic E-state index is 15.4. The van der Waals surface area contributed by atoms with Crippen molar-refractivity contribution in [1.82, 2.24) is 4.72 Å². The highest BCUT2D eigenvalue weighted by Gasteiger charge is 2.64. The van der Waals surface area contributed by atoms with Crippen LogP contribution < -0.4 is 9.46 Å². The van der Waals surface area contributed by atoms with E-state index in [2.05, 4.69) is 4.72 Å². The van der Waals surface area contributed by atoms with Gasteiger partial charge in [-0.1, -0.05) is 18.5 Å². The molecule has 184 valence electrons. The van der Waals surface area contributed by atoms with Crippen molar-refractivity contribution in [3.05, 3.63) is 58.6 Å². The van der Waals surface area contributed by atoms with Gasteiger partial charge in [-0.25, -0.2) is 30.3 Å². The maximum Gasteiger partial charge on any atom is 0.214 e. The molecule has 2 heterocycles. The first-order chi connectivity index (χ1) is 16.0. The van der Waals surface area contributed by atoms with Crippen molar-refractivity contribution in [3.8, 4) is 5.75 Å². The Labute approximate surface area is 202 Å². The minimum absolute atomic E-state index is 0.0553. The van der Waals surface area contributed by atoms with Gasteiger partial charge in [0, 0.05) is 17.0 Å². The molecule has 2 aromatic carbocycles. The predicted octanol–water partition coefficient (Wildman–Crippen LogP) is 4.18. The summed E-state index contributed by atoms with van der Waals surface area (Å²) in [4.78, 5) is -0.0553. The van der Waals surface area contributed by atoms with Crippen LogP contribution >= 0.6 is 11.6 Å². The van der Waals surface area contributed by atoms with Crippen molar-refractivity contribution >= 4 is 31.5 Å². The van der Waals surface area contributed by atoms with Gasteiger partial charge in [-0.05, 0) is 68.0 Å². The standard InChI is InChI=1S/C23H24ClF2NO5S2/c1-2-14-11-16-17-12-32-22-19(26)8-7-18(25)21(22)23(17,10-9-20(16)27-34(14,30)31)33(28,29)15-5-3-13(24)4-6-15/h3-8,14,16-17,20,27H,2,9-12H2,1H3/t14-,16+,17+,20-,23+/m1/s1. The van der Waals surface area contributed by atoms with Gasteiger partial charge in [-0.2, -0.15) is 0 Å². The van der Waals surface area contributed by atoms with E-state index in [1.807, 2.05) is 0 Å². The Hall–Kier alpha value is -1.75.